The van der Waals surface area contributed by atoms with Gasteiger partial charge in [0.1, 0.15) is 23.7 Å². The molecule has 4 aromatic carbocycles. The Balaban J connectivity index is 0.792. The van der Waals surface area contributed by atoms with Gasteiger partial charge in [0.2, 0.25) is 11.8 Å². The maximum atomic E-state index is 14.5. The zero-order valence-corrected chi connectivity index (χ0v) is 40.0. The van der Waals surface area contributed by atoms with Crippen LogP contribution in [0.25, 0.3) is 11.1 Å². The topological polar surface area (TPSA) is 212 Å². The number of aromatic hydroxyl groups is 1. The van der Waals surface area contributed by atoms with E-state index in [1.807, 2.05) is 24.3 Å². The number of amides is 6. The zero-order chi connectivity index (χ0) is 49.8. The molecule has 4 aliphatic heterocycles. The average molecular weight is 989 g/mol. The van der Waals surface area contributed by atoms with Crippen LogP contribution in [-0.4, -0.2) is 145 Å². The van der Waals surface area contributed by atoms with Crippen molar-refractivity contribution in [3.05, 3.63) is 124 Å². The molecule has 0 aliphatic carbocycles. The lowest BCUT2D eigenvalue weighted by Gasteiger charge is -2.47. The van der Waals surface area contributed by atoms with Gasteiger partial charge in [0.25, 0.3) is 23.6 Å². The van der Waals surface area contributed by atoms with E-state index in [0.717, 1.165) is 46.9 Å². The molecule has 71 heavy (non-hydrogen) atoms. The third-order valence-corrected chi connectivity index (χ3v) is 14.1. The van der Waals surface area contributed by atoms with Gasteiger partial charge in [-0.1, -0.05) is 30.3 Å². The normalized spacial score (nSPS) is 17.6. The fourth-order valence-electron chi connectivity index (χ4n) is 9.93. The second-order valence-corrected chi connectivity index (χ2v) is 18.8. The minimum Gasteiger partial charge on any atom is -0.508 e. The smallest absolute Gasteiger partial charge is 0.264 e. The highest BCUT2D eigenvalue weighted by Crippen LogP contribution is 2.39. The summed E-state index contributed by atoms with van der Waals surface area (Å²) >= 11 is 1.20. The first-order valence-corrected chi connectivity index (χ1v) is 24.1. The summed E-state index contributed by atoms with van der Waals surface area (Å²) in [6.07, 6.45) is 2.24. The van der Waals surface area contributed by atoms with Gasteiger partial charge in [-0.25, -0.2) is 9.37 Å². The molecule has 2 fully saturated rings. The van der Waals surface area contributed by atoms with Crippen molar-refractivity contribution < 1.29 is 52.5 Å². The third kappa shape index (κ3) is 9.98. The Bertz CT molecular complexity index is 2830. The first kappa shape index (κ1) is 48.9. The SMILES string of the molecule is COCC(COC)(COCCCNc1cccc2c1C(=O)N(C1CCC(=O)NC1=O)C2=O)N1CCN(c2ccc(-c3ccc4c(c3)C(=O)N(C(C(=O)Nc3nccs3)c3cc(F)ccc3O)C4)cc2)CC1. The van der Waals surface area contributed by atoms with Gasteiger partial charge in [0.05, 0.1) is 36.5 Å². The number of ether oxygens (including phenoxy) is 3. The van der Waals surface area contributed by atoms with Crippen molar-refractivity contribution in [3.8, 4) is 16.9 Å². The monoisotopic (exact) mass is 988 g/mol. The molecular formula is C51H53FN8O10S. The molecule has 2 saturated heterocycles. The van der Waals surface area contributed by atoms with Crippen LogP contribution in [0.2, 0.25) is 0 Å². The summed E-state index contributed by atoms with van der Waals surface area (Å²) in [7, 11) is 3.31. The number of piperidine rings is 1. The molecule has 6 amide bonds. The lowest BCUT2D eigenvalue weighted by atomic mass is 9.98. The molecule has 0 spiro atoms. The van der Waals surface area contributed by atoms with Crippen molar-refractivity contribution in [1.82, 2.24) is 25.0 Å². The van der Waals surface area contributed by atoms with Gasteiger partial charge in [-0.05, 0) is 78.1 Å². The molecule has 0 saturated carbocycles. The number of imide groups is 2. The number of phenolic OH excluding ortho intramolecular Hbond substituents is 1. The van der Waals surface area contributed by atoms with Crippen LogP contribution in [-0.2, 0) is 35.1 Å². The lowest BCUT2D eigenvalue weighted by Crippen LogP contribution is -2.63. The number of nitrogens with zero attached hydrogens (tertiary/aromatic N) is 5. The number of hydrogen-bond acceptors (Lipinski definition) is 15. The highest BCUT2D eigenvalue weighted by molar-refractivity contribution is 7.13. The number of piperazine rings is 1. The predicted octanol–water partition coefficient (Wildman–Crippen LogP) is 5.06. The number of anilines is 3. The van der Waals surface area contributed by atoms with Crippen molar-refractivity contribution in [2.45, 2.75) is 43.4 Å². The number of thiazole rings is 1. The van der Waals surface area contributed by atoms with Gasteiger partial charge >= 0.3 is 0 Å². The van der Waals surface area contributed by atoms with Crippen LogP contribution in [0.4, 0.5) is 20.9 Å². The maximum Gasteiger partial charge on any atom is 0.264 e. The van der Waals surface area contributed by atoms with E-state index < -0.39 is 58.9 Å². The summed E-state index contributed by atoms with van der Waals surface area (Å²) in [5, 5.41) is 20.9. The number of hydrogen-bond donors (Lipinski definition) is 4. The van der Waals surface area contributed by atoms with E-state index in [2.05, 4.69) is 42.9 Å². The van der Waals surface area contributed by atoms with Crippen molar-refractivity contribution in [1.29, 1.82) is 0 Å². The molecule has 370 valence electrons. The van der Waals surface area contributed by atoms with Crippen molar-refractivity contribution >= 4 is 63.3 Å². The van der Waals surface area contributed by atoms with E-state index in [4.69, 9.17) is 14.2 Å². The highest BCUT2D eigenvalue weighted by Gasteiger charge is 2.46. The Morgan fingerprint density at radius 1 is 0.901 bits per heavy atom. The molecule has 4 aliphatic rings. The zero-order valence-electron chi connectivity index (χ0n) is 39.2. The lowest BCUT2D eigenvalue weighted by molar-refractivity contribution is -0.136. The molecule has 1 aromatic heterocycles. The van der Waals surface area contributed by atoms with E-state index in [0.29, 0.717) is 74.4 Å². The molecule has 18 nitrogen and oxygen atoms in total. The predicted molar refractivity (Wildman–Crippen MR) is 261 cm³/mol. The van der Waals surface area contributed by atoms with Gasteiger partial charge < -0.3 is 34.4 Å². The Kier molecular flexibility index (Phi) is 14.5. The standard InChI is InChI=1S/C51H53FN8O10S/c1-68-28-51(29-69-2,30-70-23-4-17-53-39-6-3-5-36-43(39)49(67)60(48(36)66)40-14-16-42(62)55-45(40)63)58-21-19-57(20-22-58)35-12-9-31(10-13-35)32-7-8-33-27-59(47(65)37(33)25-32)44(38-26-34(52)11-15-41(38)61)46(64)56-50-54-18-24-71-50/h3,5-13,15,18,24-26,40,44,53,61H,4,14,16-17,19-23,27-30H2,1-2H3,(H,54,56,64)(H,55,62,63). The number of fused-ring (bicyclic) bond motifs is 2. The number of carbonyl (C=O) groups excluding carboxylic acids is 6. The van der Waals surface area contributed by atoms with Crippen molar-refractivity contribution in [3.63, 3.8) is 0 Å². The van der Waals surface area contributed by atoms with Crippen LogP contribution in [0, 0.1) is 5.82 Å². The van der Waals surface area contributed by atoms with Crippen LogP contribution in [0.3, 0.4) is 0 Å². The molecule has 20 heteroatoms. The summed E-state index contributed by atoms with van der Waals surface area (Å²) in [6.45, 7) is 4.87. The number of halogens is 1. The number of phenols is 1. The number of nitrogens with one attached hydrogen (secondary N) is 3. The van der Waals surface area contributed by atoms with Crippen LogP contribution < -0.4 is 20.9 Å². The van der Waals surface area contributed by atoms with Crippen LogP contribution in [0.5, 0.6) is 5.75 Å². The van der Waals surface area contributed by atoms with Crippen molar-refractivity contribution in [2.75, 3.05) is 88.9 Å². The van der Waals surface area contributed by atoms with Gasteiger partial charge in [-0.15, -0.1) is 11.3 Å². The second-order valence-electron chi connectivity index (χ2n) is 17.9. The van der Waals surface area contributed by atoms with Gasteiger partial charge in [0, 0.05) is 101 Å². The van der Waals surface area contributed by atoms with Gasteiger partial charge in [-0.2, -0.15) is 0 Å². The minimum atomic E-state index is -1.33. The summed E-state index contributed by atoms with van der Waals surface area (Å²) in [5.41, 5.74) is 4.14. The average Bonchev–Trinajstić information content (AvgIpc) is 4.07. The molecule has 0 radical (unpaired) electrons. The highest BCUT2D eigenvalue weighted by atomic mass is 32.1. The van der Waals surface area contributed by atoms with E-state index in [1.54, 1.807) is 43.9 Å². The molecule has 4 N–H and O–H groups in total. The summed E-state index contributed by atoms with van der Waals surface area (Å²) in [6, 6.07) is 19.6. The Labute approximate surface area is 412 Å². The molecule has 2 atom stereocenters. The van der Waals surface area contributed by atoms with Crippen molar-refractivity contribution in [2.24, 2.45) is 0 Å². The Hall–Kier alpha value is -7.10. The maximum absolute atomic E-state index is 14.5. The number of benzene rings is 4. The summed E-state index contributed by atoms with van der Waals surface area (Å²) in [4.78, 5) is 89.9. The third-order valence-electron chi connectivity index (χ3n) is 13.4. The first-order valence-electron chi connectivity index (χ1n) is 23.3. The minimum absolute atomic E-state index is 0.0348. The molecule has 5 heterocycles. The number of methoxy groups -OCH3 is 2. The van der Waals surface area contributed by atoms with E-state index in [9.17, 15) is 38.3 Å². The molecule has 2 unspecified atom stereocenters. The summed E-state index contributed by atoms with van der Waals surface area (Å²) < 4.78 is 32.3. The van der Waals surface area contributed by atoms with E-state index in [-0.39, 0.29) is 41.8 Å². The van der Waals surface area contributed by atoms with Gasteiger partial charge in [-0.3, -0.25) is 49.2 Å². The quantitative estimate of drug-likeness (QED) is 0.0630. The Morgan fingerprint density at radius 2 is 1.66 bits per heavy atom. The van der Waals surface area contributed by atoms with Crippen LogP contribution in [0.1, 0.15) is 67.5 Å². The molecular weight excluding hydrogens is 936 g/mol. The largest absolute Gasteiger partial charge is 0.508 e. The number of carbonyl (C=O) groups is 6. The molecule has 0 bridgehead atoms. The number of aromatic nitrogens is 1. The van der Waals surface area contributed by atoms with E-state index >= 15 is 0 Å². The number of rotatable bonds is 19. The first-order chi connectivity index (χ1) is 34.4. The molecule has 5 aromatic rings. The fraction of sp³-hybridized carbons (Fsp3) is 0.353. The van der Waals surface area contributed by atoms with Gasteiger partial charge in [0.15, 0.2) is 5.13 Å². The van der Waals surface area contributed by atoms with E-state index in [1.165, 1.54) is 28.5 Å². The summed E-state index contributed by atoms with van der Waals surface area (Å²) in [5.74, 6) is -4.24. The van der Waals surface area contributed by atoms with Crippen LogP contribution >= 0.6 is 11.3 Å². The molecule has 9 rings (SSSR count). The Morgan fingerprint density at radius 3 is 2.38 bits per heavy atom. The second kappa shape index (κ2) is 21.1. The fourth-order valence-corrected chi connectivity index (χ4v) is 10.5. The van der Waals surface area contributed by atoms with Crippen LogP contribution in [0.15, 0.2) is 90.4 Å².